The quantitative estimate of drug-likeness (QED) is 0.585. The number of nitrogens with two attached hydrogens (primary N) is 1. The van der Waals surface area contributed by atoms with Gasteiger partial charge in [0.15, 0.2) is 17.0 Å². The minimum absolute atomic E-state index is 0.202. The van der Waals surface area contributed by atoms with Crippen LogP contribution in [-0.4, -0.2) is 47.0 Å². The summed E-state index contributed by atoms with van der Waals surface area (Å²) < 4.78 is 17.6. The number of hydrogen-bond donors (Lipinski definition) is 1. The lowest BCUT2D eigenvalue weighted by molar-refractivity contribution is 0.141. The van der Waals surface area contributed by atoms with Crippen molar-refractivity contribution in [2.75, 3.05) is 33.2 Å². The summed E-state index contributed by atoms with van der Waals surface area (Å²) in [7, 11) is 3.17. The van der Waals surface area contributed by atoms with Crippen molar-refractivity contribution in [1.82, 2.24) is 19.5 Å². The summed E-state index contributed by atoms with van der Waals surface area (Å²) in [6, 6.07) is 0.645. The molecule has 0 fully saturated rings. The van der Waals surface area contributed by atoms with Crippen LogP contribution in [0.25, 0.3) is 11.2 Å². The van der Waals surface area contributed by atoms with Gasteiger partial charge in [-0.25, -0.2) is 0 Å². The van der Waals surface area contributed by atoms with Crippen LogP contribution in [0.3, 0.4) is 0 Å². The van der Waals surface area contributed by atoms with Crippen LogP contribution in [0, 0.1) is 0 Å². The molecule has 0 unspecified atom stereocenters. The highest BCUT2D eigenvalue weighted by Gasteiger charge is 2.18. The second kappa shape index (κ2) is 7.77. The average Bonchev–Trinajstić information content (AvgIpc) is 2.86. The molecule has 0 bridgehead atoms. The van der Waals surface area contributed by atoms with Crippen molar-refractivity contribution in [1.29, 1.82) is 0 Å². The molecular formula is C15H23N5O3. The third-order valence-corrected chi connectivity index (χ3v) is 3.23. The molecule has 0 aliphatic carbocycles. The van der Waals surface area contributed by atoms with Crippen LogP contribution in [0.15, 0.2) is 11.6 Å². The van der Waals surface area contributed by atoms with E-state index in [1.807, 2.05) is 4.57 Å². The van der Waals surface area contributed by atoms with E-state index in [4.69, 9.17) is 19.9 Å². The molecule has 2 aromatic heterocycles. The normalized spacial score (nSPS) is 11.9. The molecule has 0 atom stereocenters. The Morgan fingerprint density at radius 1 is 1.22 bits per heavy atom. The van der Waals surface area contributed by atoms with Crippen LogP contribution in [0.5, 0.6) is 12.0 Å². The van der Waals surface area contributed by atoms with E-state index in [0.29, 0.717) is 36.9 Å². The zero-order valence-electron chi connectivity index (χ0n) is 14.0. The molecule has 2 heterocycles. The van der Waals surface area contributed by atoms with Crippen molar-refractivity contribution < 1.29 is 14.2 Å². The highest BCUT2D eigenvalue weighted by Crippen LogP contribution is 2.26. The summed E-state index contributed by atoms with van der Waals surface area (Å²) in [6.45, 7) is 5.55. The third-order valence-electron chi connectivity index (χ3n) is 3.23. The maximum absolute atomic E-state index is 5.98. The fourth-order valence-corrected chi connectivity index (χ4v) is 2.22. The number of allylic oxidation sites excluding steroid dienone is 2. The van der Waals surface area contributed by atoms with Gasteiger partial charge in [-0.1, -0.05) is 18.6 Å². The van der Waals surface area contributed by atoms with E-state index >= 15 is 0 Å². The molecule has 8 heteroatoms. The first kappa shape index (κ1) is 17.0. The largest absolute Gasteiger partial charge is 0.468 e. The van der Waals surface area contributed by atoms with E-state index in [-0.39, 0.29) is 11.8 Å². The lowest BCUT2D eigenvalue weighted by Gasteiger charge is -2.09. The number of nitrogens with zero attached hydrogens (tertiary/aromatic N) is 4. The van der Waals surface area contributed by atoms with E-state index in [1.54, 1.807) is 14.2 Å². The lowest BCUT2D eigenvalue weighted by Crippen LogP contribution is -2.09. The molecule has 2 N–H and O–H groups in total. The van der Waals surface area contributed by atoms with E-state index < -0.39 is 0 Å². The van der Waals surface area contributed by atoms with Crippen molar-refractivity contribution in [3.05, 3.63) is 11.6 Å². The molecule has 2 rings (SSSR count). The topological polar surface area (TPSA) is 97.3 Å². The standard InChI is InChI=1S/C15H23N5O3/c1-5-6-10(2)9-20-13-11(17-15(20)22-4)12(16)18-14(19-13)23-8-7-21-3/h6H,5,7-9H2,1-4H3,(H2,16,18,19)/b10-6+. The number of ether oxygens (including phenoxy) is 3. The number of aromatic nitrogens is 4. The minimum atomic E-state index is 0.202. The van der Waals surface area contributed by atoms with Crippen molar-refractivity contribution in [2.24, 2.45) is 0 Å². The number of hydrogen-bond acceptors (Lipinski definition) is 7. The molecule has 0 aliphatic rings. The Hall–Kier alpha value is -2.35. The van der Waals surface area contributed by atoms with Crippen LogP contribution < -0.4 is 15.2 Å². The summed E-state index contributed by atoms with van der Waals surface area (Å²) >= 11 is 0. The second-order valence-corrected chi connectivity index (χ2v) is 5.05. The smallest absolute Gasteiger partial charge is 0.320 e. The fraction of sp³-hybridized carbons (Fsp3) is 0.533. The van der Waals surface area contributed by atoms with Crippen LogP contribution in [-0.2, 0) is 11.3 Å². The summed E-state index contributed by atoms with van der Waals surface area (Å²) in [6.07, 6.45) is 3.11. The Balaban J connectivity index is 2.44. The number of imidazole rings is 1. The van der Waals surface area contributed by atoms with Gasteiger partial charge in [-0.05, 0) is 13.3 Å². The molecule has 23 heavy (non-hydrogen) atoms. The van der Waals surface area contributed by atoms with Crippen LogP contribution in [0.2, 0.25) is 0 Å². The van der Waals surface area contributed by atoms with Gasteiger partial charge in [0.1, 0.15) is 6.61 Å². The first-order chi connectivity index (χ1) is 11.1. The van der Waals surface area contributed by atoms with Gasteiger partial charge in [-0.2, -0.15) is 15.0 Å². The van der Waals surface area contributed by atoms with E-state index in [2.05, 4.69) is 34.9 Å². The van der Waals surface area contributed by atoms with E-state index in [9.17, 15) is 0 Å². The molecule has 126 valence electrons. The Labute approximate surface area is 135 Å². The maximum Gasteiger partial charge on any atom is 0.320 e. The molecule has 2 aromatic rings. The lowest BCUT2D eigenvalue weighted by atomic mass is 10.2. The van der Waals surface area contributed by atoms with Crippen molar-refractivity contribution in [3.8, 4) is 12.0 Å². The zero-order valence-corrected chi connectivity index (χ0v) is 14.0. The van der Waals surface area contributed by atoms with Crippen LogP contribution >= 0.6 is 0 Å². The molecular weight excluding hydrogens is 298 g/mol. The van der Waals surface area contributed by atoms with Gasteiger partial charge in [0.25, 0.3) is 6.01 Å². The van der Waals surface area contributed by atoms with E-state index in [1.165, 1.54) is 5.57 Å². The SMILES string of the molecule is CC/C=C(\C)Cn1c(OC)nc2c(N)nc(OCCOC)nc21. The first-order valence-electron chi connectivity index (χ1n) is 7.45. The average molecular weight is 321 g/mol. The van der Waals surface area contributed by atoms with Crippen molar-refractivity contribution >= 4 is 17.0 Å². The summed E-state index contributed by atoms with van der Waals surface area (Å²) in [5.74, 6) is 0.261. The fourth-order valence-electron chi connectivity index (χ4n) is 2.22. The number of nitrogen functional groups attached to an aromatic ring is 1. The first-order valence-corrected chi connectivity index (χ1v) is 7.45. The Kier molecular flexibility index (Phi) is 5.75. The van der Waals surface area contributed by atoms with Gasteiger partial charge < -0.3 is 19.9 Å². The second-order valence-electron chi connectivity index (χ2n) is 5.05. The van der Waals surface area contributed by atoms with Crippen LogP contribution in [0.1, 0.15) is 20.3 Å². The maximum atomic E-state index is 5.98. The molecule has 0 amide bonds. The van der Waals surface area contributed by atoms with E-state index in [0.717, 1.165) is 6.42 Å². The highest BCUT2D eigenvalue weighted by molar-refractivity contribution is 5.83. The van der Waals surface area contributed by atoms with Gasteiger partial charge in [0, 0.05) is 13.7 Å². The predicted octanol–water partition coefficient (Wildman–Crippen LogP) is 1.80. The monoisotopic (exact) mass is 321 g/mol. The Morgan fingerprint density at radius 3 is 2.65 bits per heavy atom. The summed E-state index contributed by atoms with van der Waals surface area (Å²) in [5.41, 5.74) is 8.26. The van der Waals surface area contributed by atoms with Crippen LogP contribution in [0.4, 0.5) is 5.82 Å². The minimum Gasteiger partial charge on any atom is -0.468 e. The Bertz CT molecular complexity index is 696. The molecule has 0 aliphatic heterocycles. The van der Waals surface area contributed by atoms with Gasteiger partial charge >= 0.3 is 6.01 Å². The van der Waals surface area contributed by atoms with Crippen molar-refractivity contribution in [3.63, 3.8) is 0 Å². The molecule has 0 saturated carbocycles. The number of rotatable bonds is 8. The Morgan fingerprint density at radius 2 is 2.00 bits per heavy atom. The third kappa shape index (κ3) is 3.89. The zero-order chi connectivity index (χ0) is 16.8. The summed E-state index contributed by atoms with van der Waals surface area (Å²) in [4.78, 5) is 12.9. The van der Waals surface area contributed by atoms with Crippen molar-refractivity contribution in [2.45, 2.75) is 26.8 Å². The predicted molar refractivity (Wildman–Crippen MR) is 87.7 cm³/mol. The highest BCUT2D eigenvalue weighted by atomic mass is 16.5. The van der Waals surface area contributed by atoms with Gasteiger partial charge in [0.2, 0.25) is 0 Å². The summed E-state index contributed by atoms with van der Waals surface area (Å²) in [5, 5.41) is 0. The van der Waals surface area contributed by atoms with Gasteiger partial charge in [0.05, 0.1) is 13.7 Å². The number of anilines is 1. The number of fused-ring (bicyclic) bond motifs is 1. The number of methoxy groups -OCH3 is 2. The molecule has 0 radical (unpaired) electrons. The molecule has 0 aromatic carbocycles. The van der Waals surface area contributed by atoms with Gasteiger partial charge in [-0.3, -0.25) is 4.57 Å². The molecule has 8 nitrogen and oxygen atoms in total. The molecule has 0 spiro atoms. The van der Waals surface area contributed by atoms with Gasteiger partial charge in [-0.15, -0.1) is 0 Å². The molecule has 0 saturated heterocycles.